The SMILES string of the molecule is CCOc1ccc(-c2ccoc2)cc1Nc1ncnc2n[nH]c(-c3cn[nH]c3)c12. The van der Waals surface area contributed by atoms with Crippen LogP contribution in [0.25, 0.3) is 33.4 Å². The van der Waals surface area contributed by atoms with Gasteiger partial charge in [-0.3, -0.25) is 10.2 Å². The zero-order valence-corrected chi connectivity index (χ0v) is 15.5. The van der Waals surface area contributed by atoms with Crippen molar-refractivity contribution in [2.45, 2.75) is 6.92 Å². The quantitative estimate of drug-likeness (QED) is 0.401. The van der Waals surface area contributed by atoms with Crippen molar-refractivity contribution in [3.05, 3.63) is 55.5 Å². The molecule has 144 valence electrons. The number of fused-ring (bicyclic) bond motifs is 1. The van der Waals surface area contributed by atoms with Gasteiger partial charge in [0.1, 0.15) is 17.9 Å². The van der Waals surface area contributed by atoms with Gasteiger partial charge in [-0.05, 0) is 30.7 Å². The van der Waals surface area contributed by atoms with E-state index in [1.807, 2.05) is 31.2 Å². The lowest BCUT2D eigenvalue weighted by Crippen LogP contribution is -2.00. The van der Waals surface area contributed by atoms with Gasteiger partial charge in [0.05, 0.1) is 42.1 Å². The van der Waals surface area contributed by atoms with Crippen molar-refractivity contribution in [3.8, 4) is 28.1 Å². The fourth-order valence-electron chi connectivity index (χ4n) is 3.19. The molecule has 0 saturated heterocycles. The van der Waals surface area contributed by atoms with Crippen molar-refractivity contribution in [1.29, 1.82) is 0 Å². The molecule has 0 fully saturated rings. The van der Waals surface area contributed by atoms with Gasteiger partial charge in [-0.25, -0.2) is 9.97 Å². The summed E-state index contributed by atoms with van der Waals surface area (Å²) in [7, 11) is 0. The van der Waals surface area contributed by atoms with Crippen LogP contribution in [0.15, 0.2) is 59.9 Å². The molecule has 0 aliphatic rings. The van der Waals surface area contributed by atoms with E-state index in [0.717, 1.165) is 39.2 Å². The second-order valence-corrected chi connectivity index (χ2v) is 6.29. The molecule has 0 aliphatic carbocycles. The smallest absolute Gasteiger partial charge is 0.186 e. The Bertz CT molecular complexity index is 1240. The molecule has 0 aliphatic heterocycles. The van der Waals surface area contributed by atoms with Crippen LogP contribution in [-0.2, 0) is 0 Å². The lowest BCUT2D eigenvalue weighted by Gasteiger charge is -2.14. The number of nitrogens with one attached hydrogen (secondary N) is 3. The minimum absolute atomic E-state index is 0.547. The van der Waals surface area contributed by atoms with E-state index in [2.05, 4.69) is 35.7 Å². The van der Waals surface area contributed by atoms with Crippen LogP contribution in [-0.4, -0.2) is 37.0 Å². The minimum atomic E-state index is 0.547. The Kier molecular flexibility index (Phi) is 4.17. The largest absolute Gasteiger partial charge is 0.492 e. The van der Waals surface area contributed by atoms with Crippen molar-refractivity contribution in [3.63, 3.8) is 0 Å². The maximum Gasteiger partial charge on any atom is 0.186 e. The van der Waals surface area contributed by atoms with Gasteiger partial charge in [0.15, 0.2) is 5.65 Å². The average Bonchev–Trinajstić information content (AvgIpc) is 3.50. The lowest BCUT2D eigenvalue weighted by molar-refractivity contribution is 0.342. The third-order valence-electron chi connectivity index (χ3n) is 4.52. The van der Waals surface area contributed by atoms with E-state index in [1.165, 1.54) is 6.33 Å². The first kappa shape index (κ1) is 17.0. The number of rotatable bonds is 6. The monoisotopic (exact) mass is 387 g/mol. The van der Waals surface area contributed by atoms with Gasteiger partial charge in [0.25, 0.3) is 0 Å². The molecule has 5 aromatic rings. The van der Waals surface area contributed by atoms with E-state index in [4.69, 9.17) is 9.15 Å². The Morgan fingerprint density at radius 1 is 1.14 bits per heavy atom. The third kappa shape index (κ3) is 3.08. The topological polar surface area (TPSA) is 118 Å². The maximum absolute atomic E-state index is 5.81. The second kappa shape index (κ2) is 7.12. The summed E-state index contributed by atoms with van der Waals surface area (Å²) in [6.07, 6.45) is 8.33. The fourth-order valence-corrected chi connectivity index (χ4v) is 3.19. The molecule has 0 radical (unpaired) electrons. The first-order valence-electron chi connectivity index (χ1n) is 9.08. The zero-order chi connectivity index (χ0) is 19.6. The van der Waals surface area contributed by atoms with Crippen LogP contribution in [0.2, 0.25) is 0 Å². The fraction of sp³-hybridized carbons (Fsp3) is 0.100. The van der Waals surface area contributed by atoms with Gasteiger partial charge >= 0.3 is 0 Å². The van der Waals surface area contributed by atoms with Crippen molar-refractivity contribution >= 4 is 22.5 Å². The van der Waals surface area contributed by atoms with Gasteiger partial charge in [-0.15, -0.1) is 0 Å². The molecule has 0 spiro atoms. The molecule has 0 bridgehead atoms. The number of nitrogens with zero attached hydrogens (tertiary/aromatic N) is 4. The highest BCUT2D eigenvalue weighted by Gasteiger charge is 2.17. The van der Waals surface area contributed by atoms with E-state index in [1.54, 1.807) is 24.9 Å². The van der Waals surface area contributed by atoms with Crippen molar-refractivity contribution in [2.24, 2.45) is 0 Å². The molecular weight excluding hydrogens is 370 g/mol. The Morgan fingerprint density at radius 2 is 2.10 bits per heavy atom. The van der Waals surface area contributed by atoms with Crippen molar-refractivity contribution in [1.82, 2.24) is 30.4 Å². The van der Waals surface area contributed by atoms with Gasteiger partial charge in [-0.2, -0.15) is 10.2 Å². The maximum atomic E-state index is 5.81. The molecule has 1 aromatic carbocycles. The first-order valence-corrected chi connectivity index (χ1v) is 9.08. The summed E-state index contributed by atoms with van der Waals surface area (Å²) in [5.41, 5.74) is 4.96. The summed E-state index contributed by atoms with van der Waals surface area (Å²) in [5.74, 6) is 1.34. The highest BCUT2D eigenvalue weighted by molar-refractivity contribution is 5.99. The number of anilines is 2. The number of hydrogen-bond acceptors (Lipinski definition) is 7. The van der Waals surface area contributed by atoms with Gasteiger partial charge in [-0.1, -0.05) is 6.07 Å². The Hall–Kier alpha value is -4.14. The summed E-state index contributed by atoms with van der Waals surface area (Å²) < 4.78 is 11.0. The van der Waals surface area contributed by atoms with Crippen molar-refractivity contribution in [2.75, 3.05) is 11.9 Å². The summed E-state index contributed by atoms with van der Waals surface area (Å²) in [6.45, 7) is 2.49. The third-order valence-corrected chi connectivity index (χ3v) is 4.52. The Labute approximate surface area is 165 Å². The van der Waals surface area contributed by atoms with Crippen LogP contribution >= 0.6 is 0 Å². The second-order valence-electron chi connectivity index (χ2n) is 6.29. The molecule has 0 unspecified atom stereocenters. The molecule has 0 saturated carbocycles. The van der Waals surface area contributed by atoms with Crippen molar-refractivity contribution < 1.29 is 9.15 Å². The molecule has 9 heteroatoms. The molecule has 5 rings (SSSR count). The molecule has 9 nitrogen and oxygen atoms in total. The number of furan rings is 1. The van der Waals surface area contributed by atoms with Crippen LogP contribution in [0.5, 0.6) is 5.75 Å². The molecule has 0 amide bonds. The molecule has 3 N–H and O–H groups in total. The molecule has 0 atom stereocenters. The average molecular weight is 387 g/mol. The van der Waals surface area contributed by atoms with Gasteiger partial charge in [0, 0.05) is 17.3 Å². The van der Waals surface area contributed by atoms with Gasteiger partial charge < -0.3 is 14.5 Å². The van der Waals surface area contributed by atoms with E-state index in [9.17, 15) is 0 Å². The number of ether oxygens (including phenoxy) is 1. The summed E-state index contributed by atoms with van der Waals surface area (Å²) in [4.78, 5) is 8.71. The van der Waals surface area contributed by atoms with E-state index in [0.29, 0.717) is 18.1 Å². The first-order chi connectivity index (χ1) is 14.3. The molecule has 4 aromatic heterocycles. The summed E-state index contributed by atoms with van der Waals surface area (Å²) in [5, 5.41) is 18.3. The minimum Gasteiger partial charge on any atom is -0.492 e. The van der Waals surface area contributed by atoms with E-state index >= 15 is 0 Å². The number of aromatic amines is 2. The lowest BCUT2D eigenvalue weighted by atomic mass is 10.1. The Morgan fingerprint density at radius 3 is 2.90 bits per heavy atom. The van der Waals surface area contributed by atoms with Crippen LogP contribution in [0.4, 0.5) is 11.5 Å². The standard InChI is InChI=1S/C20H17N7O2/c1-2-29-16-4-3-12(13-5-6-28-10-13)7-15(16)25-19-17-18(14-8-23-24-9-14)26-27-20(17)22-11-21-19/h3-11H,2H2,1H3,(H,23,24)(H2,21,22,25,26,27). The Balaban J connectivity index is 1.62. The van der Waals surface area contributed by atoms with E-state index in [-0.39, 0.29) is 0 Å². The van der Waals surface area contributed by atoms with E-state index < -0.39 is 0 Å². The number of hydrogen-bond donors (Lipinski definition) is 3. The number of aromatic nitrogens is 6. The normalized spacial score (nSPS) is 11.1. The van der Waals surface area contributed by atoms with Gasteiger partial charge in [0.2, 0.25) is 0 Å². The number of benzene rings is 1. The van der Waals surface area contributed by atoms with Crippen LogP contribution in [0, 0.1) is 0 Å². The summed E-state index contributed by atoms with van der Waals surface area (Å²) in [6, 6.07) is 7.83. The zero-order valence-electron chi connectivity index (χ0n) is 15.5. The molecular formula is C20H17N7O2. The summed E-state index contributed by atoms with van der Waals surface area (Å²) >= 11 is 0. The molecule has 4 heterocycles. The van der Waals surface area contributed by atoms with Crippen LogP contribution < -0.4 is 10.1 Å². The molecule has 29 heavy (non-hydrogen) atoms. The highest BCUT2D eigenvalue weighted by atomic mass is 16.5. The predicted molar refractivity (Wildman–Crippen MR) is 108 cm³/mol. The number of H-pyrrole nitrogens is 2. The highest BCUT2D eigenvalue weighted by Crippen LogP contribution is 2.36. The van der Waals surface area contributed by atoms with Crippen LogP contribution in [0.3, 0.4) is 0 Å². The predicted octanol–water partition coefficient (Wildman–Crippen LogP) is 4.15. The van der Waals surface area contributed by atoms with Crippen LogP contribution in [0.1, 0.15) is 6.92 Å².